The van der Waals surface area contributed by atoms with Gasteiger partial charge >= 0.3 is 0 Å². The lowest BCUT2D eigenvalue weighted by Gasteiger charge is -2.16. The summed E-state index contributed by atoms with van der Waals surface area (Å²) in [6.45, 7) is 0.0299. The van der Waals surface area contributed by atoms with Crippen molar-refractivity contribution in [1.29, 1.82) is 0 Å². The SMILES string of the molecule is O=C(NC(CCO)c1cccs1)c1ccn2ccnc2c1. The molecular weight excluding hydrogens is 286 g/mol. The third kappa shape index (κ3) is 2.96. The van der Waals surface area contributed by atoms with E-state index in [4.69, 9.17) is 0 Å². The van der Waals surface area contributed by atoms with Gasteiger partial charge in [-0.1, -0.05) is 6.07 Å². The van der Waals surface area contributed by atoms with Gasteiger partial charge in [0.25, 0.3) is 5.91 Å². The number of thiophene rings is 1. The molecule has 5 nitrogen and oxygen atoms in total. The third-order valence-electron chi connectivity index (χ3n) is 3.27. The lowest BCUT2D eigenvalue weighted by atomic mass is 10.1. The molecule has 0 fully saturated rings. The number of carbonyl (C=O) groups is 1. The van der Waals surface area contributed by atoms with E-state index in [1.54, 1.807) is 29.7 Å². The van der Waals surface area contributed by atoms with Gasteiger partial charge in [0.2, 0.25) is 0 Å². The summed E-state index contributed by atoms with van der Waals surface area (Å²) in [5.74, 6) is -0.160. The highest BCUT2D eigenvalue weighted by molar-refractivity contribution is 7.10. The van der Waals surface area contributed by atoms with Gasteiger partial charge in [0.05, 0.1) is 6.04 Å². The van der Waals surface area contributed by atoms with E-state index in [0.29, 0.717) is 12.0 Å². The van der Waals surface area contributed by atoms with E-state index in [-0.39, 0.29) is 18.6 Å². The quantitative estimate of drug-likeness (QED) is 0.759. The zero-order valence-corrected chi connectivity index (χ0v) is 12.1. The standard InChI is InChI=1S/C15H15N3O2S/c19-8-4-12(13-2-1-9-21-13)17-15(20)11-3-6-18-7-5-16-14(18)10-11/h1-3,5-7,9-10,12,19H,4,8H2,(H,17,20). The number of carbonyl (C=O) groups excluding carboxylic acids is 1. The molecule has 3 aromatic rings. The number of aromatic nitrogens is 2. The van der Waals surface area contributed by atoms with Gasteiger partial charge in [-0.2, -0.15) is 0 Å². The van der Waals surface area contributed by atoms with Gasteiger partial charge < -0.3 is 14.8 Å². The first-order valence-corrected chi connectivity index (χ1v) is 7.54. The summed E-state index contributed by atoms with van der Waals surface area (Å²) in [4.78, 5) is 17.6. The Hall–Kier alpha value is -2.18. The van der Waals surface area contributed by atoms with Crippen LogP contribution in [0.2, 0.25) is 0 Å². The van der Waals surface area contributed by atoms with Crippen molar-refractivity contribution in [3.63, 3.8) is 0 Å². The Kier molecular flexibility index (Phi) is 3.98. The lowest BCUT2D eigenvalue weighted by Crippen LogP contribution is -2.28. The van der Waals surface area contributed by atoms with Crippen LogP contribution in [0.25, 0.3) is 5.65 Å². The molecule has 0 saturated carbocycles. The highest BCUT2D eigenvalue weighted by Gasteiger charge is 2.16. The van der Waals surface area contributed by atoms with Gasteiger partial charge in [0, 0.05) is 35.6 Å². The summed E-state index contributed by atoms with van der Waals surface area (Å²) in [6.07, 6.45) is 5.83. The topological polar surface area (TPSA) is 66.6 Å². The van der Waals surface area contributed by atoms with E-state index in [9.17, 15) is 9.90 Å². The molecule has 0 radical (unpaired) electrons. The number of rotatable bonds is 5. The molecule has 1 atom stereocenters. The minimum Gasteiger partial charge on any atom is -0.396 e. The Labute approximate surface area is 125 Å². The lowest BCUT2D eigenvalue weighted by molar-refractivity contribution is 0.0931. The van der Waals surface area contributed by atoms with Crippen LogP contribution in [0, 0.1) is 0 Å². The van der Waals surface area contributed by atoms with E-state index in [2.05, 4.69) is 10.3 Å². The van der Waals surface area contributed by atoms with E-state index >= 15 is 0 Å². The van der Waals surface area contributed by atoms with Gasteiger partial charge in [-0.3, -0.25) is 4.79 Å². The number of nitrogens with zero attached hydrogens (tertiary/aromatic N) is 2. The second-order valence-electron chi connectivity index (χ2n) is 4.66. The Morgan fingerprint density at radius 2 is 2.33 bits per heavy atom. The maximum Gasteiger partial charge on any atom is 0.251 e. The number of aliphatic hydroxyl groups is 1. The van der Waals surface area contributed by atoms with Crippen LogP contribution in [0.3, 0.4) is 0 Å². The Morgan fingerprint density at radius 3 is 3.10 bits per heavy atom. The normalized spacial score (nSPS) is 12.4. The number of pyridine rings is 1. The molecule has 0 aliphatic rings. The van der Waals surface area contributed by atoms with Gasteiger partial charge in [-0.15, -0.1) is 11.3 Å². The van der Waals surface area contributed by atoms with Crippen molar-refractivity contribution < 1.29 is 9.90 Å². The van der Waals surface area contributed by atoms with Crippen LogP contribution in [0.4, 0.5) is 0 Å². The van der Waals surface area contributed by atoms with Crippen molar-refractivity contribution in [2.24, 2.45) is 0 Å². The minimum absolute atomic E-state index is 0.0299. The third-order valence-corrected chi connectivity index (χ3v) is 4.26. The maximum absolute atomic E-state index is 12.4. The van der Waals surface area contributed by atoms with Crippen molar-refractivity contribution in [2.45, 2.75) is 12.5 Å². The molecule has 1 unspecified atom stereocenters. The number of fused-ring (bicyclic) bond motifs is 1. The largest absolute Gasteiger partial charge is 0.396 e. The summed E-state index contributed by atoms with van der Waals surface area (Å²) in [5, 5.41) is 14.1. The van der Waals surface area contributed by atoms with Crippen molar-refractivity contribution in [3.05, 3.63) is 58.7 Å². The summed E-state index contributed by atoms with van der Waals surface area (Å²) < 4.78 is 1.85. The molecule has 3 rings (SSSR count). The van der Waals surface area contributed by atoms with E-state index < -0.39 is 0 Å². The van der Waals surface area contributed by atoms with Crippen molar-refractivity contribution in [1.82, 2.24) is 14.7 Å². The Bertz CT molecular complexity index is 736. The smallest absolute Gasteiger partial charge is 0.251 e. The number of nitrogens with one attached hydrogen (secondary N) is 1. The first-order valence-electron chi connectivity index (χ1n) is 6.66. The van der Waals surface area contributed by atoms with Crippen molar-refractivity contribution in [2.75, 3.05) is 6.61 Å². The van der Waals surface area contributed by atoms with E-state index in [1.165, 1.54) is 0 Å². The fourth-order valence-corrected chi connectivity index (χ4v) is 3.01. The molecule has 21 heavy (non-hydrogen) atoms. The van der Waals surface area contributed by atoms with Crippen LogP contribution in [0.1, 0.15) is 27.7 Å². The first kappa shape index (κ1) is 13.8. The Balaban J connectivity index is 1.80. The monoisotopic (exact) mass is 301 g/mol. The summed E-state index contributed by atoms with van der Waals surface area (Å²) in [6, 6.07) is 7.24. The van der Waals surface area contributed by atoms with Crippen LogP contribution in [0.5, 0.6) is 0 Å². The second kappa shape index (κ2) is 6.07. The van der Waals surface area contributed by atoms with E-state index in [1.807, 2.05) is 34.3 Å². The average molecular weight is 301 g/mol. The molecule has 3 aromatic heterocycles. The van der Waals surface area contributed by atoms with E-state index in [0.717, 1.165) is 10.5 Å². The zero-order chi connectivity index (χ0) is 14.7. The van der Waals surface area contributed by atoms with Crippen molar-refractivity contribution >= 4 is 22.9 Å². The molecule has 0 saturated heterocycles. The second-order valence-corrected chi connectivity index (χ2v) is 5.64. The fraction of sp³-hybridized carbons (Fsp3) is 0.200. The van der Waals surface area contributed by atoms with Crippen LogP contribution < -0.4 is 5.32 Å². The molecule has 2 N–H and O–H groups in total. The van der Waals surface area contributed by atoms with Gasteiger partial charge in [-0.05, 0) is 30.0 Å². The zero-order valence-electron chi connectivity index (χ0n) is 11.3. The van der Waals surface area contributed by atoms with Crippen LogP contribution in [-0.2, 0) is 0 Å². The maximum atomic E-state index is 12.4. The molecule has 1 amide bonds. The molecule has 0 aliphatic carbocycles. The van der Waals surface area contributed by atoms with Gasteiger partial charge in [0.15, 0.2) is 0 Å². The number of imidazole rings is 1. The number of hydrogen-bond donors (Lipinski definition) is 2. The predicted molar refractivity (Wildman–Crippen MR) is 81.4 cm³/mol. The molecule has 3 heterocycles. The van der Waals surface area contributed by atoms with Gasteiger partial charge in [-0.25, -0.2) is 4.98 Å². The molecule has 0 aliphatic heterocycles. The Morgan fingerprint density at radius 1 is 1.43 bits per heavy atom. The molecule has 108 valence electrons. The number of hydrogen-bond acceptors (Lipinski definition) is 4. The van der Waals surface area contributed by atoms with Crippen molar-refractivity contribution in [3.8, 4) is 0 Å². The molecular formula is C15H15N3O2S. The molecule has 0 bridgehead atoms. The van der Waals surface area contributed by atoms with Crippen LogP contribution >= 0.6 is 11.3 Å². The minimum atomic E-state index is -0.168. The summed E-state index contributed by atoms with van der Waals surface area (Å²) in [7, 11) is 0. The first-order chi connectivity index (χ1) is 10.3. The highest BCUT2D eigenvalue weighted by Crippen LogP contribution is 2.22. The summed E-state index contributed by atoms with van der Waals surface area (Å²) in [5.41, 5.74) is 1.30. The fourth-order valence-electron chi connectivity index (χ4n) is 2.20. The molecule has 6 heteroatoms. The average Bonchev–Trinajstić information content (AvgIpc) is 3.17. The van der Waals surface area contributed by atoms with Crippen LogP contribution in [0.15, 0.2) is 48.2 Å². The molecule has 0 spiro atoms. The van der Waals surface area contributed by atoms with Gasteiger partial charge in [0.1, 0.15) is 5.65 Å². The van der Waals surface area contributed by atoms with Crippen LogP contribution in [-0.4, -0.2) is 27.0 Å². The highest BCUT2D eigenvalue weighted by atomic mass is 32.1. The number of aliphatic hydroxyl groups excluding tert-OH is 1. The summed E-state index contributed by atoms with van der Waals surface area (Å²) >= 11 is 1.57. The number of amides is 1. The predicted octanol–water partition coefficient (Wildman–Crippen LogP) is 2.25. The molecule has 0 aromatic carbocycles.